The number of likely N-dealkylation sites (N-methyl/N-ethyl adjacent to an activating group) is 1. The van der Waals surface area contributed by atoms with E-state index in [0.717, 1.165) is 0 Å². The maximum Gasteiger partial charge on any atom is 0.409 e. The number of hydrogen-bond donors (Lipinski definition) is 0. The lowest BCUT2D eigenvalue weighted by molar-refractivity contribution is -0.145. The standard InChI is InChI=1S/C16H21N3O4/c1-3-23-16(22)19-11-9-18(10-12-19)15(21)14(20)17(2)13-7-5-4-6-8-13/h4-8H,3,9-12H2,1-2H3. The molecule has 0 atom stereocenters. The van der Waals surface area contributed by atoms with Gasteiger partial charge in [0.15, 0.2) is 0 Å². The fraction of sp³-hybridized carbons (Fsp3) is 0.438. The topological polar surface area (TPSA) is 70.2 Å². The van der Waals surface area contributed by atoms with Gasteiger partial charge in [-0.1, -0.05) is 18.2 Å². The molecule has 1 fully saturated rings. The van der Waals surface area contributed by atoms with Crippen LogP contribution in [0.25, 0.3) is 0 Å². The smallest absolute Gasteiger partial charge is 0.409 e. The third-order valence-corrected chi connectivity index (χ3v) is 3.72. The van der Waals surface area contributed by atoms with Crippen molar-refractivity contribution in [2.24, 2.45) is 0 Å². The molecule has 0 bridgehead atoms. The summed E-state index contributed by atoms with van der Waals surface area (Å²) in [7, 11) is 1.57. The summed E-state index contributed by atoms with van der Waals surface area (Å²) in [4.78, 5) is 40.6. The van der Waals surface area contributed by atoms with Crippen LogP contribution in [0.2, 0.25) is 0 Å². The molecule has 3 amide bonds. The summed E-state index contributed by atoms with van der Waals surface area (Å²) < 4.78 is 4.93. The Balaban J connectivity index is 1.92. The molecular formula is C16H21N3O4. The third kappa shape index (κ3) is 4.00. The first kappa shape index (κ1) is 16.8. The molecule has 0 aliphatic carbocycles. The van der Waals surface area contributed by atoms with Crippen molar-refractivity contribution in [3.8, 4) is 0 Å². The second kappa shape index (κ2) is 7.62. The maximum absolute atomic E-state index is 12.3. The first-order valence-corrected chi connectivity index (χ1v) is 7.58. The molecule has 124 valence electrons. The van der Waals surface area contributed by atoms with Gasteiger partial charge >= 0.3 is 17.9 Å². The Morgan fingerprint density at radius 3 is 2.17 bits per heavy atom. The van der Waals surface area contributed by atoms with E-state index in [2.05, 4.69) is 0 Å². The Morgan fingerprint density at radius 2 is 1.61 bits per heavy atom. The average molecular weight is 319 g/mol. The molecule has 1 aliphatic heterocycles. The zero-order valence-electron chi connectivity index (χ0n) is 13.4. The summed E-state index contributed by atoms with van der Waals surface area (Å²) in [5.74, 6) is -1.14. The minimum Gasteiger partial charge on any atom is -0.450 e. The van der Waals surface area contributed by atoms with Crippen LogP contribution in [-0.4, -0.2) is 67.5 Å². The number of benzene rings is 1. The van der Waals surface area contributed by atoms with Gasteiger partial charge in [-0.2, -0.15) is 0 Å². The van der Waals surface area contributed by atoms with Crippen molar-refractivity contribution in [1.29, 1.82) is 0 Å². The number of carbonyl (C=O) groups is 3. The molecule has 0 unspecified atom stereocenters. The molecule has 1 heterocycles. The van der Waals surface area contributed by atoms with Gasteiger partial charge in [-0.05, 0) is 19.1 Å². The molecule has 7 heteroatoms. The molecule has 0 aromatic heterocycles. The molecule has 0 N–H and O–H groups in total. The number of nitrogens with zero attached hydrogens (tertiary/aromatic N) is 3. The van der Waals surface area contributed by atoms with Gasteiger partial charge in [-0.15, -0.1) is 0 Å². The van der Waals surface area contributed by atoms with Gasteiger partial charge in [0.2, 0.25) is 0 Å². The first-order valence-electron chi connectivity index (χ1n) is 7.58. The molecule has 0 spiro atoms. The van der Waals surface area contributed by atoms with Crippen molar-refractivity contribution in [3.63, 3.8) is 0 Å². The SMILES string of the molecule is CCOC(=O)N1CCN(C(=O)C(=O)N(C)c2ccccc2)CC1. The Bertz CT molecular complexity index is 568. The van der Waals surface area contributed by atoms with Crippen LogP contribution in [0.3, 0.4) is 0 Å². The van der Waals surface area contributed by atoms with E-state index in [1.807, 2.05) is 18.2 Å². The molecule has 7 nitrogen and oxygen atoms in total. The number of carbonyl (C=O) groups excluding carboxylic acids is 3. The number of piperazine rings is 1. The molecule has 1 aromatic carbocycles. The van der Waals surface area contributed by atoms with Gasteiger partial charge in [-0.25, -0.2) is 4.79 Å². The summed E-state index contributed by atoms with van der Waals surface area (Å²) in [6.07, 6.45) is -0.382. The van der Waals surface area contributed by atoms with Gasteiger partial charge in [-0.3, -0.25) is 9.59 Å². The molecule has 1 saturated heterocycles. The summed E-state index contributed by atoms with van der Waals surface area (Å²) in [5, 5.41) is 0. The molecule has 0 radical (unpaired) electrons. The Morgan fingerprint density at radius 1 is 1.04 bits per heavy atom. The predicted molar refractivity (Wildman–Crippen MR) is 85.0 cm³/mol. The maximum atomic E-state index is 12.3. The lowest BCUT2D eigenvalue weighted by atomic mass is 10.2. The summed E-state index contributed by atoms with van der Waals surface area (Å²) in [6, 6.07) is 9.00. The molecular weight excluding hydrogens is 298 g/mol. The van der Waals surface area contributed by atoms with E-state index >= 15 is 0 Å². The van der Waals surface area contributed by atoms with Crippen molar-refractivity contribution >= 4 is 23.6 Å². The second-order valence-electron chi connectivity index (χ2n) is 5.18. The van der Waals surface area contributed by atoms with Crippen LogP contribution in [-0.2, 0) is 14.3 Å². The highest BCUT2D eigenvalue weighted by Crippen LogP contribution is 2.13. The van der Waals surface area contributed by atoms with Gasteiger partial charge < -0.3 is 19.4 Å². The van der Waals surface area contributed by atoms with Crippen molar-refractivity contribution in [2.75, 3.05) is 44.7 Å². The minimum atomic E-state index is -0.583. The second-order valence-corrected chi connectivity index (χ2v) is 5.18. The zero-order valence-corrected chi connectivity index (χ0v) is 13.4. The summed E-state index contributed by atoms with van der Waals surface area (Å²) >= 11 is 0. The number of rotatable bonds is 2. The van der Waals surface area contributed by atoms with Crippen molar-refractivity contribution in [2.45, 2.75) is 6.92 Å². The fourth-order valence-electron chi connectivity index (χ4n) is 2.35. The number of hydrogen-bond acceptors (Lipinski definition) is 4. The molecule has 1 aliphatic rings. The predicted octanol–water partition coefficient (Wildman–Crippen LogP) is 0.950. The number of para-hydroxylation sites is 1. The van der Waals surface area contributed by atoms with E-state index in [0.29, 0.717) is 38.5 Å². The van der Waals surface area contributed by atoms with Gasteiger partial charge in [0.25, 0.3) is 0 Å². The van der Waals surface area contributed by atoms with Crippen LogP contribution in [0.4, 0.5) is 10.5 Å². The zero-order chi connectivity index (χ0) is 16.8. The molecule has 2 rings (SSSR count). The Labute approximate surface area is 135 Å². The minimum absolute atomic E-state index is 0.318. The lowest BCUT2D eigenvalue weighted by Crippen LogP contribution is -2.54. The molecule has 1 aromatic rings. The van der Waals surface area contributed by atoms with Gasteiger partial charge in [0.1, 0.15) is 0 Å². The van der Waals surface area contributed by atoms with E-state index in [1.54, 1.807) is 31.0 Å². The van der Waals surface area contributed by atoms with Crippen LogP contribution >= 0.6 is 0 Å². The first-order chi connectivity index (χ1) is 11.0. The van der Waals surface area contributed by atoms with Crippen LogP contribution in [0.5, 0.6) is 0 Å². The van der Waals surface area contributed by atoms with Crippen molar-refractivity contribution in [3.05, 3.63) is 30.3 Å². The Hall–Kier alpha value is -2.57. The van der Waals surface area contributed by atoms with Crippen LogP contribution in [0.15, 0.2) is 30.3 Å². The highest BCUT2D eigenvalue weighted by atomic mass is 16.6. The largest absolute Gasteiger partial charge is 0.450 e. The van der Waals surface area contributed by atoms with E-state index < -0.39 is 11.8 Å². The molecule has 0 saturated carbocycles. The monoisotopic (exact) mass is 319 g/mol. The quantitative estimate of drug-likeness (QED) is 0.761. The normalized spacial score (nSPS) is 14.3. The highest BCUT2D eigenvalue weighted by Gasteiger charge is 2.30. The van der Waals surface area contributed by atoms with Gasteiger partial charge in [0, 0.05) is 38.9 Å². The van der Waals surface area contributed by atoms with Gasteiger partial charge in [0.05, 0.1) is 6.61 Å². The van der Waals surface area contributed by atoms with E-state index in [4.69, 9.17) is 4.74 Å². The summed E-state index contributed by atoms with van der Waals surface area (Å²) in [6.45, 7) is 3.45. The third-order valence-electron chi connectivity index (χ3n) is 3.72. The van der Waals surface area contributed by atoms with E-state index in [-0.39, 0.29) is 6.09 Å². The number of ether oxygens (including phenoxy) is 1. The van der Waals surface area contributed by atoms with E-state index in [9.17, 15) is 14.4 Å². The van der Waals surface area contributed by atoms with Crippen LogP contribution < -0.4 is 4.90 Å². The van der Waals surface area contributed by atoms with Crippen molar-refractivity contribution < 1.29 is 19.1 Å². The lowest BCUT2D eigenvalue weighted by Gasteiger charge is -2.34. The average Bonchev–Trinajstić information content (AvgIpc) is 2.61. The Kier molecular flexibility index (Phi) is 5.56. The molecule has 23 heavy (non-hydrogen) atoms. The number of amides is 3. The van der Waals surface area contributed by atoms with Crippen LogP contribution in [0, 0.1) is 0 Å². The van der Waals surface area contributed by atoms with Crippen LogP contribution in [0.1, 0.15) is 6.92 Å². The van der Waals surface area contributed by atoms with Crippen molar-refractivity contribution in [1.82, 2.24) is 9.80 Å². The number of anilines is 1. The fourth-order valence-corrected chi connectivity index (χ4v) is 2.35. The highest BCUT2D eigenvalue weighted by molar-refractivity contribution is 6.40. The summed E-state index contributed by atoms with van der Waals surface area (Å²) in [5.41, 5.74) is 0.663. The van der Waals surface area contributed by atoms with E-state index in [1.165, 1.54) is 9.80 Å².